The van der Waals surface area contributed by atoms with E-state index in [-0.39, 0.29) is 17.9 Å². The molecule has 1 fully saturated rings. The van der Waals surface area contributed by atoms with Gasteiger partial charge in [0.25, 0.3) is 11.7 Å². The highest BCUT2D eigenvalue weighted by Gasteiger charge is 2.46. The van der Waals surface area contributed by atoms with E-state index in [9.17, 15) is 14.7 Å². The van der Waals surface area contributed by atoms with Gasteiger partial charge >= 0.3 is 0 Å². The number of amides is 1. The van der Waals surface area contributed by atoms with E-state index in [4.69, 9.17) is 14.2 Å². The van der Waals surface area contributed by atoms with Crippen molar-refractivity contribution in [3.8, 4) is 17.2 Å². The van der Waals surface area contributed by atoms with Crippen LogP contribution >= 0.6 is 0 Å². The van der Waals surface area contributed by atoms with Gasteiger partial charge in [-0.05, 0) is 41.5 Å². The van der Waals surface area contributed by atoms with Crippen LogP contribution < -0.4 is 14.2 Å². The van der Waals surface area contributed by atoms with Gasteiger partial charge in [0.1, 0.15) is 31.3 Å². The number of rotatable bonds is 7. The Kier molecular flexibility index (Phi) is 6.45. The molecule has 7 heteroatoms. The molecule has 2 aliphatic heterocycles. The second-order valence-corrected chi connectivity index (χ2v) is 8.44. The molecule has 0 unspecified atom stereocenters. The Bertz CT molecular complexity index is 1350. The van der Waals surface area contributed by atoms with E-state index < -0.39 is 17.7 Å². The van der Waals surface area contributed by atoms with Crippen LogP contribution in [0.2, 0.25) is 0 Å². The highest BCUT2D eigenvalue weighted by atomic mass is 16.6. The third-order valence-electron chi connectivity index (χ3n) is 6.09. The molecule has 0 radical (unpaired) electrons. The number of carbonyl (C=O) groups excluding carboxylic acids is 2. The zero-order valence-corrected chi connectivity index (χ0v) is 19.6. The highest BCUT2D eigenvalue weighted by Crippen LogP contribution is 2.42. The van der Waals surface area contributed by atoms with E-state index in [1.54, 1.807) is 42.5 Å². The van der Waals surface area contributed by atoms with Gasteiger partial charge in [0, 0.05) is 12.1 Å². The maximum atomic E-state index is 13.3. The molecule has 0 aromatic heterocycles. The Morgan fingerprint density at radius 2 is 1.78 bits per heavy atom. The Morgan fingerprint density at radius 3 is 2.56 bits per heavy atom. The maximum Gasteiger partial charge on any atom is 0.295 e. The number of carbonyl (C=O) groups is 2. The summed E-state index contributed by atoms with van der Waals surface area (Å²) < 4.78 is 16.9. The molecule has 0 aliphatic carbocycles. The van der Waals surface area contributed by atoms with Crippen molar-refractivity contribution in [3.63, 3.8) is 0 Å². The van der Waals surface area contributed by atoms with Gasteiger partial charge in [-0.2, -0.15) is 0 Å². The molecule has 5 rings (SSSR count). The van der Waals surface area contributed by atoms with Gasteiger partial charge in [0.05, 0.1) is 11.6 Å². The highest BCUT2D eigenvalue weighted by molar-refractivity contribution is 6.46. The van der Waals surface area contributed by atoms with E-state index in [1.165, 1.54) is 4.90 Å². The van der Waals surface area contributed by atoms with E-state index in [2.05, 4.69) is 6.58 Å². The summed E-state index contributed by atoms with van der Waals surface area (Å²) in [4.78, 5) is 28.1. The molecule has 182 valence electrons. The lowest BCUT2D eigenvalue weighted by atomic mass is 9.95. The molecule has 1 saturated heterocycles. The quantitative estimate of drug-likeness (QED) is 0.228. The molecule has 0 saturated carbocycles. The Balaban J connectivity index is 1.62. The predicted molar refractivity (Wildman–Crippen MR) is 134 cm³/mol. The number of benzene rings is 3. The predicted octanol–water partition coefficient (Wildman–Crippen LogP) is 4.64. The van der Waals surface area contributed by atoms with Gasteiger partial charge < -0.3 is 24.2 Å². The minimum atomic E-state index is -0.814. The van der Waals surface area contributed by atoms with Crippen LogP contribution in [-0.4, -0.2) is 41.5 Å². The third kappa shape index (κ3) is 4.43. The van der Waals surface area contributed by atoms with Crippen LogP contribution in [0.25, 0.3) is 5.76 Å². The van der Waals surface area contributed by atoms with Gasteiger partial charge in [-0.3, -0.25) is 9.59 Å². The van der Waals surface area contributed by atoms with Crippen molar-refractivity contribution in [3.05, 3.63) is 108 Å². The van der Waals surface area contributed by atoms with Gasteiger partial charge in [-0.15, -0.1) is 0 Å². The zero-order chi connectivity index (χ0) is 25.1. The molecule has 1 N–H and O–H groups in total. The van der Waals surface area contributed by atoms with Crippen molar-refractivity contribution in [1.29, 1.82) is 0 Å². The van der Waals surface area contributed by atoms with E-state index in [0.29, 0.717) is 48.2 Å². The lowest BCUT2D eigenvalue weighted by Gasteiger charge is -2.26. The Labute approximate surface area is 208 Å². The Morgan fingerprint density at radius 1 is 1.00 bits per heavy atom. The van der Waals surface area contributed by atoms with Gasteiger partial charge in [0.15, 0.2) is 11.5 Å². The molecule has 36 heavy (non-hydrogen) atoms. The number of likely N-dealkylation sites (tertiary alicyclic amines) is 1. The van der Waals surface area contributed by atoms with E-state index in [0.717, 1.165) is 5.56 Å². The molecule has 2 heterocycles. The first-order valence-electron chi connectivity index (χ1n) is 11.6. The molecule has 0 spiro atoms. The van der Waals surface area contributed by atoms with Gasteiger partial charge in [0.2, 0.25) is 0 Å². The standard InChI is InChI=1S/C29H25NO6/c1-2-13-34-22-10-6-9-20(16-22)26-25(27(31)21-11-12-23-24(17-21)36-15-14-35-23)28(32)29(33)30(26)18-19-7-4-3-5-8-19/h2-12,16-17,26,31H,1,13-15,18H2/t26-/m1/s1. The van der Waals surface area contributed by atoms with Crippen LogP contribution in [0.15, 0.2) is 91.0 Å². The van der Waals surface area contributed by atoms with Crippen molar-refractivity contribution < 1.29 is 28.9 Å². The fraction of sp³-hybridized carbons (Fsp3) is 0.172. The van der Waals surface area contributed by atoms with Crippen LogP contribution in [0.1, 0.15) is 22.7 Å². The number of hydrogen-bond acceptors (Lipinski definition) is 6. The largest absolute Gasteiger partial charge is 0.507 e. The summed E-state index contributed by atoms with van der Waals surface area (Å²) in [5.41, 5.74) is 1.88. The first-order valence-corrected chi connectivity index (χ1v) is 11.6. The monoisotopic (exact) mass is 483 g/mol. The van der Waals surface area contributed by atoms with Crippen molar-refractivity contribution in [2.45, 2.75) is 12.6 Å². The lowest BCUT2D eigenvalue weighted by molar-refractivity contribution is -0.140. The lowest BCUT2D eigenvalue weighted by Crippen LogP contribution is -2.29. The summed E-state index contributed by atoms with van der Waals surface area (Å²) in [6.45, 7) is 5.00. The molecule has 1 amide bonds. The fourth-order valence-electron chi connectivity index (χ4n) is 4.45. The van der Waals surface area contributed by atoms with E-state index >= 15 is 0 Å². The first-order chi connectivity index (χ1) is 17.6. The van der Waals surface area contributed by atoms with Crippen molar-refractivity contribution >= 4 is 17.4 Å². The fourth-order valence-corrected chi connectivity index (χ4v) is 4.45. The number of fused-ring (bicyclic) bond motifs is 1. The van der Waals surface area contributed by atoms with Crippen molar-refractivity contribution in [2.75, 3.05) is 19.8 Å². The minimum absolute atomic E-state index is 0.00785. The summed E-state index contributed by atoms with van der Waals surface area (Å²) in [7, 11) is 0. The van der Waals surface area contributed by atoms with Crippen molar-refractivity contribution in [1.82, 2.24) is 4.90 Å². The van der Waals surface area contributed by atoms with Gasteiger partial charge in [-0.25, -0.2) is 0 Å². The molecular formula is C29H25NO6. The topological polar surface area (TPSA) is 85.3 Å². The zero-order valence-electron chi connectivity index (χ0n) is 19.6. The molecule has 7 nitrogen and oxygen atoms in total. The molecule has 0 bridgehead atoms. The smallest absolute Gasteiger partial charge is 0.295 e. The van der Waals surface area contributed by atoms with Crippen LogP contribution in [0, 0.1) is 0 Å². The summed E-state index contributed by atoms with van der Waals surface area (Å²) in [5.74, 6) is -0.104. The number of Topliss-reactive ketones (excluding diaryl/α,β-unsaturated/α-hetero) is 1. The normalized spacial score (nSPS) is 18.2. The molecule has 1 atom stereocenters. The summed E-state index contributed by atoms with van der Waals surface area (Å²) >= 11 is 0. The second kappa shape index (κ2) is 10.00. The molecule has 3 aromatic rings. The number of ketones is 1. The third-order valence-corrected chi connectivity index (χ3v) is 6.09. The first kappa shape index (κ1) is 23.2. The van der Waals surface area contributed by atoms with Crippen LogP contribution in [0.4, 0.5) is 0 Å². The average Bonchev–Trinajstić information content (AvgIpc) is 3.17. The molecule has 2 aliphatic rings. The second-order valence-electron chi connectivity index (χ2n) is 8.44. The minimum Gasteiger partial charge on any atom is -0.507 e. The van der Waals surface area contributed by atoms with Crippen LogP contribution in [0.5, 0.6) is 17.2 Å². The number of aliphatic hydroxyl groups excluding tert-OH is 1. The number of aliphatic hydroxyl groups is 1. The summed E-state index contributed by atoms with van der Waals surface area (Å²) in [5, 5.41) is 11.4. The van der Waals surface area contributed by atoms with Crippen LogP contribution in [-0.2, 0) is 16.1 Å². The van der Waals surface area contributed by atoms with Crippen LogP contribution in [0.3, 0.4) is 0 Å². The molecule has 3 aromatic carbocycles. The Hall–Kier alpha value is -4.52. The summed E-state index contributed by atoms with van der Waals surface area (Å²) in [6, 6.07) is 20.7. The summed E-state index contributed by atoms with van der Waals surface area (Å²) in [6.07, 6.45) is 1.63. The van der Waals surface area contributed by atoms with Gasteiger partial charge in [-0.1, -0.05) is 55.1 Å². The molecular weight excluding hydrogens is 458 g/mol. The number of hydrogen-bond donors (Lipinski definition) is 1. The number of nitrogens with zero attached hydrogens (tertiary/aromatic N) is 1. The van der Waals surface area contributed by atoms with Crippen molar-refractivity contribution in [2.24, 2.45) is 0 Å². The number of ether oxygens (including phenoxy) is 3. The SMILES string of the molecule is C=CCOc1cccc([C@@H]2C(=C(O)c3ccc4c(c3)OCCO4)C(=O)C(=O)N2Cc2ccccc2)c1. The maximum absolute atomic E-state index is 13.3. The average molecular weight is 484 g/mol. The van der Waals surface area contributed by atoms with E-state index in [1.807, 2.05) is 36.4 Å².